The zero-order valence-corrected chi connectivity index (χ0v) is 14.2. The molecule has 0 bridgehead atoms. The van der Waals surface area contributed by atoms with Gasteiger partial charge < -0.3 is 4.74 Å². The minimum absolute atomic E-state index is 0.173. The molecular weight excluding hydrogens is 306 g/mol. The van der Waals surface area contributed by atoms with Crippen LogP contribution in [0.15, 0.2) is 24.3 Å². The number of rotatable bonds is 10. The standard InChI is InChI=1S/C19H23NO4/c1-3-24-18(22)11-6-4-5-10-17(14(2)21)19(23)16-9-7-8-15(12-16)13-20/h7-9,12,17H,3-6,10-11H2,1-2H3. The molecule has 5 heteroatoms. The van der Waals surface area contributed by atoms with Gasteiger partial charge in [-0.25, -0.2) is 0 Å². The summed E-state index contributed by atoms with van der Waals surface area (Å²) in [5.41, 5.74) is 0.790. The maximum Gasteiger partial charge on any atom is 0.305 e. The Kier molecular flexibility index (Phi) is 8.42. The van der Waals surface area contributed by atoms with Crippen LogP contribution in [0.2, 0.25) is 0 Å². The van der Waals surface area contributed by atoms with E-state index in [1.165, 1.54) is 13.0 Å². The Hall–Kier alpha value is -2.48. The first-order valence-electron chi connectivity index (χ1n) is 8.20. The van der Waals surface area contributed by atoms with Gasteiger partial charge in [-0.1, -0.05) is 25.0 Å². The lowest BCUT2D eigenvalue weighted by atomic mass is 9.89. The maximum absolute atomic E-state index is 12.5. The van der Waals surface area contributed by atoms with E-state index < -0.39 is 5.92 Å². The van der Waals surface area contributed by atoms with Crippen molar-refractivity contribution >= 4 is 17.5 Å². The molecule has 0 spiro atoms. The molecule has 0 aliphatic heterocycles. The minimum Gasteiger partial charge on any atom is -0.466 e. The van der Waals surface area contributed by atoms with Crippen LogP contribution in [0.4, 0.5) is 0 Å². The van der Waals surface area contributed by atoms with Crippen molar-refractivity contribution in [2.24, 2.45) is 5.92 Å². The van der Waals surface area contributed by atoms with Crippen LogP contribution in [0.5, 0.6) is 0 Å². The predicted octanol–water partition coefficient (Wildman–Crippen LogP) is 3.46. The molecule has 0 aliphatic carbocycles. The van der Waals surface area contributed by atoms with Crippen LogP contribution < -0.4 is 0 Å². The first kappa shape index (κ1) is 19.6. The van der Waals surface area contributed by atoms with Crippen LogP contribution in [-0.2, 0) is 14.3 Å². The summed E-state index contributed by atoms with van der Waals surface area (Å²) in [6.07, 6.45) is 2.94. The molecule has 0 aromatic heterocycles. The Morgan fingerprint density at radius 1 is 1.21 bits per heavy atom. The summed E-state index contributed by atoms with van der Waals surface area (Å²) >= 11 is 0. The third-order valence-corrected chi connectivity index (χ3v) is 3.76. The van der Waals surface area contributed by atoms with Crippen molar-refractivity contribution in [1.29, 1.82) is 5.26 Å². The SMILES string of the molecule is CCOC(=O)CCCCCC(C(C)=O)C(=O)c1cccc(C#N)c1. The lowest BCUT2D eigenvalue weighted by Crippen LogP contribution is -2.22. The summed E-state index contributed by atoms with van der Waals surface area (Å²) in [7, 11) is 0. The van der Waals surface area contributed by atoms with Crippen molar-refractivity contribution in [3.63, 3.8) is 0 Å². The maximum atomic E-state index is 12.5. The molecule has 1 atom stereocenters. The van der Waals surface area contributed by atoms with Crippen molar-refractivity contribution in [2.45, 2.75) is 46.0 Å². The van der Waals surface area contributed by atoms with Crippen molar-refractivity contribution in [3.05, 3.63) is 35.4 Å². The van der Waals surface area contributed by atoms with Crippen molar-refractivity contribution in [2.75, 3.05) is 6.61 Å². The van der Waals surface area contributed by atoms with Crippen LogP contribution in [0.25, 0.3) is 0 Å². The fourth-order valence-electron chi connectivity index (χ4n) is 2.49. The van der Waals surface area contributed by atoms with E-state index in [9.17, 15) is 14.4 Å². The Balaban J connectivity index is 2.55. The van der Waals surface area contributed by atoms with E-state index in [-0.39, 0.29) is 17.5 Å². The fourth-order valence-corrected chi connectivity index (χ4v) is 2.49. The molecule has 0 radical (unpaired) electrons. The van der Waals surface area contributed by atoms with Crippen molar-refractivity contribution < 1.29 is 19.1 Å². The summed E-state index contributed by atoms with van der Waals surface area (Å²) < 4.78 is 4.85. The molecule has 24 heavy (non-hydrogen) atoms. The van der Waals surface area contributed by atoms with Gasteiger partial charge in [-0.15, -0.1) is 0 Å². The van der Waals surface area contributed by atoms with Gasteiger partial charge >= 0.3 is 5.97 Å². The Morgan fingerprint density at radius 3 is 2.58 bits per heavy atom. The molecule has 0 amide bonds. The molecule has 0 aliphatic rings. The Morgan fingerprint density at radius 2 is 1.96 bits per heavy atom. The molecular formula is C19H23NO4. The third kappa shape index (κ3) is 6.33. The van der Waals surface area contributed by atoms with E-state index in [0.717, 1.165) is 6.42 Å². The van der Waals surface area contributed by atoms with Crippen LogP contribution in [0.1, 0.15) is 61.9 Å². The number of Topliss-reactive ketones (excluding diaryl/α,β-unsaturated/α-hetero) is 2. The molecule has 1 aromatic rings. The number of hydrogen-bond acceptors (Lipinski definition) is 5. The lowest BCUT2D eigenvalue weighted by Gasteiger charge is -2.13. The fraction of sp³-hybridized carbons (Fsp3) is 0.474. The summed E-state index contributed by atoms with van der Waals surface area (Å²) in [6.45, 7) is 3.55. The average Bonchev–Trinajstić information content (AvgIpc) is 2.57. The molecule has 1 aromatic carbocycles. The smallest absolute Gasteiger partial charge is 0.305 e. The number of nitriles is 1. The van der Waals surface area contributed by atoms with E-state index in [1.807, 2.05) is 6.07 Å². The summed E-state index contributed by atoms with van der Waals surface area (Å²) in [4.78, 5) is 35.6. The number of hydrogen-bond donors (Lipinski definition) is 0. The van der Waals surface area contributed by atoms with Gasteiger partial charge in [0.2, 0.25) is 0 Å². The van der Waals surface area contributed by atoms with E-state index in [4.69, 9.17) is 10.00 Å². The molecule has 1 rings (SSSR count). The highest BCUT2D eigenvalue weighted by Gasteiger charge is 2.24. The highest BCUT2D eigenvalue weighted by atomic mass is 16.5. The average molecular weight is 329 g/mol. The highest BCUT2D eigenvalue weighted by Crippen LogP contribution is 2.18. The lowest BCUT2D eigenvalue weighted by molar-refractivity contribution is -0.143. The Labute approximate surface area is 142 Å². The van der Waals surface area contributed by atoms with Crippen LogP contribution in [0, 0.1) is 17.2 Å². The Bertz CT molecular complexity index is 630. The normalized spacial score (nSPS) is 11.4. The summed E-state index contributed by atoms with van der Waals surface area (Å²) in [5.74, 6) is -1.33. The van der Waals surface area contributed by atoms with E-state index >= 15 is 0 Å². The molecule has 5 nitrogen and oxygen atoms in total. The monoisotopic (exact) mass is 329 g/mol. The highest BCUT2D eigenvalue weighted by molar-refractivity contribution is 6.10. The van der Waals surface area contributed by atoms with E-state index in [1.54, 1.807) is 25.1 Å². The van der Waals surface area contributed by atoms with E-state index in [0.29, 0.717) is 43.4 Å². The number of ether oxygens (including phenoxy) is 1. The second kappa shape index (κ2) is 10.3. The van der Waals surface area contributed by atoms with E-state index in [2.05, 4.69) is 0 Å². The number of ketones is 2. The topological polar surface area (TPSA) is 84.2 Å². The molecule has 0 saturated heterocycles. The minimum atomic E-state index is -0.693. The number of esters is 1. The molecule has 0 heterocycles. The van der Waals surface area contributed by atoms with Gasteiger partial charge in [0.05, 0.1) is 24.2 Å². The molecule has 0 N–H and O–H groups in total. The molecule has 1 unspecified atom stereocenters. The van der Waals surface area contributed by atoms with Crippen LogP contribution in [0.3, 0.4) is 0 Å². The third-order valence-electron chi connectivity index (χ3n) is 3.76. The summed E-state index contributed by atoms with van der Waals surface area (Å²) in [6, 6.07) is 8.39. The van der Waals surface area contributed by atoms with Gasteiger partial charge in [-0.3, -0.25) is 14.4 Å². The van der Waals surface area contributed by atoms with Gasteiger partial charge in [-0.05, 0) is 38.8 Å². The number of carbonyl (C=O) groups excluding carboxylic acids is 3. The number of unbranched alkanes of at least 4 members (excludes halogenated alkanes) is 2. The number of nitrogens with zero attached hydrogens (tertiary/aromatic N) is 1. The van der Waals surface area contributed by atoms with Gasteiger partial charge in [0.15, 0.2) is 5.78 Å². The van der Waals surface area contributed by atoms with Crippen molar-refractivity contribution in [3.8, 4) is 6.07 Å². The molecule has 0 fully saturated rings. The largest absolute Gasteiger partial charge is 0.466 e. The number of carbonyl (C=O) groups is 3. The van der Waals surface area contributed by atoms with Gasteiger partial charge in [0.1, 0.15) is 5.78 Å². The zero-order chi connectivity index (χ0) is 17.9. The van der Waals surface area contributed by atoms with Crippen molar-refractivity contribution in [1.82, 2.24) is 0 Å². The van der Waals surface area contributed by atoms with Crippen LogP contribution >= 0.6 is 0 Å². The van der Waals surface area contributed by atoms with Gasteiger partial charge in [0, 0.05) is 12.0 Å². The first-order valence-corrected chi connectivity index (χ1v) is 8.20. The second-order valence-corrected chi connectivity index (χ2v) is 5.62. The summed E-state index contributed by atoms with van der Waals surface area (Å²) in [5, 5.41) is 8.91. The van der Waals surface area contributed by atoms with Crippen LogP contribution in [-0.4, -0.2) is 24.1 Å². The number of benzene rings is 1. The zero-order valence-electron chi connectivity index (χ0n) is 14.2. The second-order valence-electron chi connectivity index (χ2n) is 5.62. The molecule has 128 valence electrons. The molecule has 0 saturated carbocycles. The predicted molar refractivity (Wildman–Crippen MR) is 89.4 cm³/mol. The first-order chi connectivity index (χ1) is 11.5. The van der Waals surface area contributed by atoms with Gasteiger partial charge in [0.25, 0.3) is 0 Å². The van der Waals surface area contributed by atoms with Gasteiger partial charge in [-0.2, -0.15) is 5.26 Å². The quantitative estimate of drug-likeness (QED) is 0.284.